The number of H-pyrrole nitrogens is 1. The maximum Gasteiger partial charge on any atom is 0.115 e. The second kappa shape index (κ2) is 5.63. The maximum absolute atomic E-state index is 5.90. The van der Waals surface area contributed by atoms with Crippen molar-refractivity contribution in [3.05, 3.63) is 66.5 Å². The van der Waals surface area contributed by atoms with Gasteiger partial charge in [0.05, 0.1) is 6.20 Å². The van der Waals surface area contributed by atoms with Crippen molar-refractivity contribution in [3.63, 3.8) is 0 Å². The van der Waals surface area contributed by atoms with Crippen LogP contribution in [0.25, 0.3) is 11.1 Å². The summed E-state index contributed by atoms with van der Waals surface area (Å²) >= 11 is 0. The van der Waals surface area contributed by atoms with E-state index in [1.807, 2.05) is 18.6 Å². The molecule has 3 aromatic rings. The van der Waals surface area contributed by atoms with Crippen molar-refractivity contribution in [1.29, 1.82) is 0 Å². The van der Waals surface area contributed by atoms with Crippen LogP contribution in [0.2, 0.25) is 0 Å². The van der Waals surface area contributed by atoms with Gasteiger partial charge in [-0.05, 0) is 16.7 Å². The van der Waals surface area contributed by atoms with Gasteiger partial charge in [0.1, 0.15) is 6.33 Å². The standard InChI is InChI=1S/C15H15N5/c16-5-15(14-6-17-10-18-7-14)12-3-1-11(2-4-12)13-8-19-20-9-13/h1-4,6-10,15H,5,16H2,(H,19,20). The van der Waals surface area contributed by atoms with E-state index in [1.165, 1.54) is 6.33 Å². The molecule has 2 heterocycles. The van der Waals surface area contributed by atoms with Crippen molar-refractivity contribution in [2.75, 3.05) is 6.54 Å². The molecule has 0 saturated heterocycles. The van der Waals surface area contributed by atoms with Gasteiger partial charge in [0.15, 0.2) is 0 Å². The fourth-order valence-electron chi connectivity index (χ4n) is 2.27. The smallest absolute Gasteiger partial charge is 0.115 e. The zero-order valence-corrected chi connectivity index (χ0v) is 10.9. The number of nitrogens with one attached hydrogen (secondary N) is 1. The van der Waals surface area contributed by atoms with Crippen molar-refractivity contribution in [2.45, 2.75) is 5.92 Å². The molecular weight excluding hydrogens is 250 g/mol. The van der Waals surface area contributed by atoms with E-state index in [9.17, 15) is 0 Å². The summed E-state index contributed by atoms with van der Waals surface area (Å²) in [6.45, 7) is 0.526. The molecule has 0 aliphatic rings. The molecule has 3 rings (SSSR count). The first-order valence-electron chi connectivity index (χ1n) is 6.42. The molecule has 2 aromatic heterocycles. The Kier molecular flexibility index (Phi) is 3.52. The highest BCUT2D eigenvalue weighted by Gasteiger charge is 2.13. The third-order valence-corrected chi connectivity index (χ3v) is 3.36. The van der Waals surface area contributed by atoms with E-state index in [4.69, 9.17) is 5.73 Å². The van der Waals surface area contributed by atoms with Crippen molar-refractivity contribution >= 4 is 0 Å². The first-order valence-corrected chi connectivity index (χ1v) is 6.42. The zero-order chi connectivity index (χ0) is 13.8. The molecule has 0 radical (unpaired) electrons. The van der Waals surface area contributed by atoms with Gasteiger partial charge in [-0.15, -0.1) is 0 Å². The molecule has 100 valence electrons. The lowest BCUT2D eigenvalue weighted by molar-refractivity contribution is 0.805. The average molecular weight is 265 g/mol. The van der Waals surface area contributed by atoms with Gasteiger partial charge in [-0.1, -0.05) is 24.3 Å². The number of hydrogen-bond acceptors (Lipinski definition) is 4. The van der Waals surface area contributed by atoms with E-state index in [2.05, 4.69) is 44.4 Å². The van der Waals surface area contributed by atoms with E-state index < -0.39 is 0 Å². The van der Waals surface area contributed by atoms with Crippen LogP contribution in [0.4, 0.5) is 0 Å². The van der Waals surface area contributed by atoms with Crippen LogP contribution in [0.3, 0.4) is 0 Å². The highest BCUT2D eigenvalue weighted by atomic mass is 15.1. The van der Waals surface area contributed by atoms with Gasteiger partial charge in [-0.3, -0.25) is 5.10 Å². The first-order chi connectivity index (χ1) is 9.88. The van der Waals surface area contributed by atoms with Crippen LogP contribution in [-0.2, 0) is 0 Å². The Bertz CT molecular complexity index is 647. The molecule has 0 aliphatic carbocycles. The third-order valence-electron chi connectivity index (χ3n) is 3.36. The Morgan fingerprint density at radius 3 is 2.30 bits per heavy atom. The minimum absolute atomic E-state index is 0.120. The molecule has 20 heavy (non-hydrogen) atoms. The summed E-state index contributed by atoms with van der Waals surface area (Å²) in [7, 11) is 0. The van der Waals surface area contributed by atoms with E-state index in [-0.39, 0.29) is 5.92 Å². The van der Waals surface area contributed by atoms with E-state index >= 15 is 0 Å². The number of rotatable bonds is 4. The van der Waals surface area contributed by atoms with Crippen LogP contribution < -0.4 is 5.73 Å². The van der Waals surface area contributed by atoms with E-state index in [0.29, 0.717) is 6.54 Å². The first kappa shape index (κ1) is 12.5. The molecule has 5 nitrogen and oxygen atoms in total. The molecule has 0 bridgehead atoms. The monoisotopic (exact) mass is 265 g/mol. The van der Waals surface area contributed by atoms with Gasteiger partial charge in [0, 0.05) is 36.6 Å². The van der Waals surface area contributed by atoms with Gasteiger partial charge in [0.25, 0.3) is 0 Å². The lowest BCUT2D eigenvalue weighted by Crippen LogP contribution is -2.14. The summed E-state index contributed by atoms with van der Waals surface area (Å²) in [6, 6.07) is 8.33. The van der Waals surface area contributed by atoms with Gasteiger partial charge in [0.2, 0.25) is 0 Å². The summed E-state index contributed by atoms with van der Waals surface area (Å²) in [6.07, 6.45) is 8.84. The largest absolute Gasteiger partial charge is 0.330 e. The fraction of sp³-hybridized carbons (Fsp3) is 0.133. The lowest BCUT2D eigenvalue weighted by atomic mass is 9.92. The van der Waals surface area contributed by atoms with E-state index in [0.717, 1.165) is 22.3 Å². The summed E-state index contributed by atoms with van der Waals surface area (Å²) < 4.78 is 0. The molecule has 5 heteroatoms. The second-order valence-corrected chi connectivity index (χ2v) is 4.57. The normalized spacial score (nSPS) is 12.2. The number of benzene rings is 1. The Labute approximate surface area is 116 Å². The SMILES string of the molecule is NCC(c1ccc(-c2cn[nH]c2)cc1)c1cncnc1. The number of aromatic nitrogens is 4. The molecule has 1 atom stereocenters. The third kappa shape index (κ3) is 2.44. The van der Waals surface area contributed by atoms with Gasteiger partial charge in [-0.25, -0.2) is 9.97 Å². The molecule has 0 spiro atoms. The van der Waals surface area contributed by atoms with Crippen LogP contribution in [-0.4, -0.2) is 26.7 Å². The summed E-state index contributed by atoms with van der Waals surface area (Å²) in [5.41, 5.74) is 10.3. The van der Waals surface area contributed by atoms with Crippen LogP contribution in [0, 0.1) is 0 Å². The van der Waals surface area contributed by atoms with Crippen LogP contribution in [0.15, 0.2) is 55.4 Å². The number of aromatic amines is 1. The topological polar surface area (TPSA) is 80.5 Å². The van der Waals surface area contributed by atoms with Crippen molar-refractivity contribution < 1.29 is 0 Å². The fourth-order valence-corrected chi connectivity index (χ4v) is 2.27. The number of nitrogens with zero attached hydrogens (tertiary/aromatic N) is 3. The van der Waals surface area contributed by atoms with Crippen LogP contribution >= 0.6 is 0 Å². The van der Waals surface area contributed by atoms with Crippen LogP contribution in [0.1, 0.15) is 17.0 Å². The Morgan fingerprint density at radius 1 is 0.950 bits per heavy atom. The predicted molar refractivity (Wildman–Crippen MR) is 77.0 cm³/mol. The van der Waals surface area contributed by atoms with Crippen molar-refractivity contribution in [3.8, 4) is 11.1 Å². The zero-order valence-electron chi connectivity index (χ0n) is 10.9. The summed E-state index contributed by atoms with van der Waals surface area (Å²) in [4.78, 5) is 8.12. The average Bonchev–Trinajstić information content (AvgIpc) is 3.04. The van der Waals surface area contributed by atoms with Crippen molar-refractivity contribution in [2.24, 2.45) is 5.73 Å². The molecular formula is C15H15N5. The molecule has 1 unspecified atom stereocenters. The molecule has 0 aliphatic heterocycles. The Balaban J connectivity index is 1.90. The minimum atomic E-state index is 0.120. The van der Waals surface area contributed by atoms with Gasteiger partial charge in [-0.2, -0.15) is 5.10 Å². The minimum Gasteiger partial charge on any atom is -0.330 e. The number of hydrogen-bond donors (Lipinski definition) is 2. The molecule has 0 amide bonds. The lowest BCUT2D eigenvalue weighted by Gasteiger charge is -2.15. The Morgan fingerprint density at radius 2 is 1.70 bits per heavy atom. The highest BCUT2D eigenvalue weighted by molar-refractivity contribution is 5.62. The van der Waals surface area contributed by atoms with Gasteiger partial charge >= 0.3 is 0 Å². The quantitative estimate of drug-likeness (QED) is 0.755. The molecule has 1 aromatic carbocycles. The Hall–Kier alpha value is -2.53. The maximum atomic E-state index is 5.90. The van der Waals surface area contributed by atoms with E-state index in [1.54, 1.807) is 6.20 Å². The summed E-state index contributed by atoms with van der Waals surface area (Å²) in [5.74, 6) is 0.120. The number of nitrogens with two attached hydrogens (primary N) is 1. The van der Waals surface area contributed by atoms with Crippen LogP contribution in [0.5, 0.6) is 0 Å². The predicted octanol–water partition coefficient (Wildman–Crippen LogP) is 1.96. The van der Waals surface area contributed by atoms with Crippen molar-refractivity contribution in [1.82, 2.24) is 20.2 Å². The second-order valence-electron chi connectivity index (χ2n) is 4.57. The molecule has 0 fully saturated rings. The molecule has 3 N–H and O–H groups in total. The molecule has 0 saturated carbocycles. The highest BCUT2D eigenvalue weighted by Crippen LogP contribution is 2.25. The summed E-state index contributed by atoms with van der Waals surface area (Å²) in [5, 5.41) is 6.77. The van der Waals surface area contributed by atoms with Gasteiger partial charge < -0.3 is 5.73 Å².